The Hall–Kier alpha value is -1.92. The van der Waals surface area contributed by atoms with Gasteiger partial charge in [-0.3, -0.25) is 15.2 Å². The molecule has 0 bridgehead atoms. The number of hydrazine groups is 1. The number of amides is 1. The van der Waals surface area contributed by atoms with Gasteiger partial charge >= 0.3 is 0 Å². The minimum atomic E-state index is -0.378. The molecule has 0 saturated carbocycles. The SMILES string of the molecule is NNC(=O)c1ccc(CSc2cccc(F)c2)nc1. The predicted molar refractivity (Wildman–Crippen MR) is 71.9 cm³/mol. The molecule has 2 rings (SSSR count). The van der Waals surface area contributed by atoms with E-state index in [2.05, 4.69) is 4.98 Å². The van der Waals surface area contributed by atoms with Gasteiger partial charge in [-0.1, -0.05) is 6.07 Å². The molecular weight excluding hydrogens is 265 g/mol. The number of carbonyl (C=O) groups excluding carboxylic acids is 1. The van der Waals surface area contributed by atoms with Gasteiger partial charge in [0.15, 0.2) is 0 Å². The van der Waals surface area contributed by atoms with E-state index in [1.54, 1.807) is 18.2 Å². The number of nitrogens with one attached hydrogen (secondary N) is 1. The van der Waals surface area contributed by atoms with Crippen LogP contribution in [0, 0.1) is 5.82 Å². The van der Waals surface area contributed by atoms with Gasteiger partial charge in [-0.25, -0.2) is 10.2 Å². The summed E-state index contributed by atoms with van der Waals surface area (Å²) in [4.78, 5) is 16.2. The zero-order valence-corrected chi connectivity index (χ0v) is 10.8. The molecule has 0 radical (unpaired) electrons. The number of halogens is 1. The topological polar surface area (TPSA) is 68.0 Å². The molecular formula is C13H12FN3OS. The Morgan fingerprint density at radius 2 is 2.21 bits per heavy atom. The second-order valence-electron chi connectivity index (χ2n) is 3.76. The lowest BCUT2D eigenvalue weighted by Gasteiger charge is -2.03. The minimum absolute atomic E-state index is 0.257. The number of hydrogen-bond acceptors (Lipinski definition) is 4. The van der Waals surface area contributed by atoms with Gasteiger partial charge in [-0.05, 0) is 30.3 Å². The number of hydrogen-bond donors (Lipinski definition) is 2. The van der Waals surface area contributed by atoms with Crippen LogP contribution in [-0.2, 0) is 5.75 Å². The van der Waals surface area contributed by atoms with E-state index in [9.17, 15) is 9.18 Å². The second kappa shape index (κ2) is 6.31. The van der Waals surface area contributed by atoms with Crippen molar-refractivity contribution in [2.24, 2.45) is 5.84 Å². The Labute approximate surface area is 114 Å². The highest BCUT2D eigenvalue weighted by molar-refractivity contribution is 7.98. The molecule has 0 unspecified atom stereocenters. The zero-order chi connectivity index (χ0) is 13.7. The van der Waals surface area contributed by atoms with Gasteiger partial charge in [-0.2, -0.15) is 0 Å². The van der Waals surface area contributed by atoms with Crippen LogP contribution in [0.1, 0.15) is 16.1 Å². The van der Waals surface area contributed by atoms with Gasteiger partial charge in [0.25, 0.3) is 5.91 Å². The molecule has 19 heavy (non-hydrogen) atoms. The summed E-state index contributed by atoms with van der Waals surface area (Å²) in [5.41, 5.74) is 3.25. The lowest BCUT2D eigenvalue weighted by Crippen LogP contribution is -2.30. The van der Waals surface area contributed by atoms with Crippen molar-refractivity contribution in [3.8, 4) is 0 Å². The Balaban J connectivity index is 1.98. The maximum atomic E-state index is 13.0. The molecule has 1 aromatic heterocycles. The van der Waals surface area contributed by atoms with Crippen LogP contribution in [0.4, 0.5) is 4.39 Å². The number of nitrogens with zero attached hydrogens (tertiary/aromatic N) is 1. The largest absolute Gasteiger partial charge is 0.290 e. The van der Waals surface area contributed by atoms with Gasteiger partial charge in [-0.15, -0.1) is 11.8 Å². The first-order valence-corrected chi connectivity index (χ1v) is 6.52. The molecule has 0 aliphatic rings. The van der Waals surface area contributed by atoms with E-state index in [-0.39, 0.29) is 11.7 Å². The number of aromatic nitrogens is 1. The molecule has 0 spiro atoms. The van der Waals surface area contributed by atoms with Crippen molar-refractivity contribution in [1.29, 1.82) is 0 Å². The van der Waals surface area contributed by atoms with E-state index < -0.39 is 0 Å². The predicted octanol–water partition coefficient (Wildman–Crippen LogP) is 2.12. The van der Waals surface area contributed by atoms with Crippen LogP contribution in [0.15, 0.2) is 47.5 Å². The van der Waals surface area contributed by atoms with Crippen LogP contribution in [0.25, 0.3) is 0 Å². The Kier molecular flexibility index (Phi) is 4.48. The summed E-state index contributed by atoms with van der Waals surface area (Å²) in [6.07, 6.45) is 1.46. The first-order valence-electron chi connectivity index (χ1n) is 5.53. The number of carbonyl (C=O) groups is 1. The maximum Gasteiger partial charge on any atom is 0.266 e. The molecule has 1 aromatic carbocycles. The summed E-state index contributed by atoms with van der Waals surface area (Å²) in [7, 11) is 0. The average Bonchev–Trinajstić information content (AvgIpc) is 2.45. The monoisotopic (exact) mass is 277 g/mol. The standard InChI is InChI=1S/C13H12FN3OS/c14-10-2-1-3-12(6-10)19-8-11-5-4-9(7-16-11)13(18)17-15/h1-7H,8,15H2,(H,17,18). The fourth-order valence-corrected chi connectivity index (χ4v) is 2.30. The van der Waals surface area contributed by atoms with Crippen molar-refractivity contribution in [2.45, 2.75) is 10.6 Å². The molecule has 0 saturated heterocycles. The van der Waals surface area contributed by atoms with Crippen LogP contribution in [0.3, 0.4) is 0 Å². The van der Waals surface area contributed by atoms with Crippen LogP contribution in [0.5, 0.6) is 0 Å². The molecule has 98 valence electrons. The third kappa shape index (κ3) is 3.77. The molecule has 2 aromatic rings. The number of benzene rings is 1. The summed E-state index contributed by atoms with van der Waals surface area (Å²) >= 11 is 1.48. The highest BCUT2D eigenvalue weighted by atomic mass is 32.2. The highest BCUT2D eigenvalue weighted by Gasteiger charge is 2.04. The van der Waals surface area contributed by atoms with Gasteiger partial charge < -0.3 is 0 Å². The third-order valence-electron chi connectivity index (χ3n) is 2.40. The molecule has 0 atom stereocenters. The minimum Gasteiger partial charge on any atom is -0.290 e. The summed E-state index contributed by atoms with van der Waals surface area (Å²) < 4.78 is 13.0. The smallest absolute Gasteiger partial charge is 0.266 e. The maximum absolute atomic E-state index is 13.0. The van der Waals surface area contributed by atoms with Crippen molar-refractivity contribution in [1.82, 2.24) is 10.4 Å². The number of rotatable bonds is 4. The Bertz CT molecular complexity index is 574. The summed E-state index contributed by atoms with van der Waals surface area (Å²) in [6.45, 7) is 0. The average molecular weight is 277 g/mol. The Morgan fingerprint density at radius 1 is 1.37 bits per heavy atom. The molecule has 1 heterocycles. The van der Waals surface area contributed by atoms with Gasteiger partial charge in [0.05, 0.1) is 11.3 Å². The first-order chi connectivity index (χ1) is 9.19. The van der Waals surface area contributed by atoms with E-state index in [0.29, 0.717) is 11.3 Å². The molecule has 6 heteroatoms. The van der Waals surface area contributed by atoms with Crippen molar-refractivity contribution in [3.05, 3.63) is 59.7 Å². The molecule has 3 N–H and O–H groups in total. The lowest BCUT2D eigenvalue weighted by molar-refractivity contribution is 0.0953. The van der Waals surface area contributed by atoms with E-state index in [4.69, 9.17) is 5.84 Å². The van der Waals surface area contributed by atoms with Gasteiger partial charge in [0.1, 0.15) is 5.82 Å². The summed E-state index contributed by atoms with van der Waals surface area (Å²) in [6, 6.07) is 9.78. The summed E-state index contributed by atoms with van der Waals surface area (Å²) in [5, 5.41) is 0. The van der Waals surface area contributed by atoms with E-state index in [1.807, 2.05) is 11.5 Å². The van der Waals surface area contributed by atoms with E-state index >= 15 is 0 Å². The van der Waals surface area contributed by atoms with Crippen LogP contribution >= 0.6 is 11.8 Å². The van der Waals surface area contributed by atoms with Crippen molar-refractivity contribution in [2.75, 3.05) is 0 Å². The number of nitrogens with two attached hydrogens (primary N) is 1. The van der Waals surface area contributed by atoms with E-state index in [0.717, 1.165) is 10.6 Å². The molecule has 4 nitrogen and oxygen atoms in total. The number of pyridine rings is 1. The third-order valence-corrected chi connectivity index (χ3v) is 3.43. The normalized spacial score (nSPS) is 10.2. The fourth-order valence-electron chi connectivity index (χ4n) is 1.44. The Morgan fingerprint density at radius 3 is 2.84 bits per heavy atom. The molecule has 1 amide bonds. The van der Waals surface area contributed by atoms with E-state index in [1.165, 1.54) is 30.1 Å². The first kappa shape index (κ1) is 13.5. The lowest BCUT2D eigenvalue weighted by atomic mass is 10.2. The van der Waals surface area contributed by atoms with Crippen molar-refractivity contribution >= 4 is 17.7 Å². The zero-order valence-electron chi connectivity index (χ0n) is 9.97. The molecule has 0 aliphatic heterocycles. The fraction of sp³-hybridized carbons (Fsp3) is 0.0769. The number of thioether (sulfide) groups is 1. The number of nitrogen functional groups attached to an aromatic ring is 1. The van der Waals surface area contributed by atoms with Crippen molar-refractivity contribution < 1.29 is 9.18 Å². The molecule has 0 aliphatic carbocycles. The van der Waals surface area contributed by atoms with Crippen molar-refractivity contribution in [3.63, 3.8) is 0 Å². The highest BCUT2D eigenvalue weighted by Crippen LogP contribution is 2.22. The summed E-state index contributed by atoms with van der Waals surface area (Å²) in [5.74, 6) is 4.99. The van der Waals surface area contributed by atoms with Crippen LogP contribution in [0.2, 0.25) is 0 Å². The second-order valence-corrected chi connectivity index (χ2v) is 4.81. The van der Waals surface area contributed by atoms with Gasteiger partial charge in [0, 0.05) is 16.8 Å². The quantitative estimate of drug-likeness (QED) is 0.389. The van der Waals surface area contributed by atoms with Gasteiger partial charge in [0.2, 0.25) is 0 Å². The molecule has 0 fully saturated rings. The van der Waals surface area contributed by atoms with Crippen LogP contribution < -0.4 is 11.3 Å². The van der Waals surface area contributed by atoms with Crippen LogP contribution in [-0.4, -0.2) is 10.9 Å².